The number of allylic oxidation sites excluding steroid dienone is 2. The number of hydrogen-bond acceptors (Lipinski definition) is 9. The number of benzene rings is 2. The fourth-order valence-corrected chi connectivity index (χ4v) is 6.46. The van der Waals surface area contributed by atoms with Crippen LogP contribution in [0.1, 0.15) is 66.9 Å². The molecular weight excluding hydrogens is 694 g/mol. The van der Waals surface area contributed by atoms with Crippen LogP contribution in [0.4, 0.5) is 5.95 Å². The molecule has 0 aliphatic carbocycles. The van der Waals surface area contributed by atoms with Crippen molar-refractivity contribution in [2.45, 2.75) is 53.9 Å². The zero-order chi connectivity index (χ0) is 38.8. The molecule has 280 valence electrons. The number of aromatic nitrogens is 8. The summed E-state index contributed by atoms with van der Waals surface area (Å²) in [5.41, 5.74) is 10.8. The zero-order valence-electron chi connectivity index (χ0n) is 31.1. The molecule has 2 aromatic carbocycles. The highest BCUT2D eigenvalue weighted by Gasteiger charge is 2.22. The number of methoxy groups -OCH3 is 2. The lowest BCUT2D eigenvalue weighted by Gasteiger charge is -2.11. The summed E-state index contributed by atoms with van der Waals surface area (Å²) >= 11 is 0. The van der Waals surface area contributed by atoms with Crippen LogP contribution >= 0.6 is 0 Å². The summed E-state index contributed by atoms with van der Waals surface area (Å²) in [5.74, 6) is -0.564. The van der Waals surface area contributed by atoms with Gasteiger partial charge >= 0.3 is 0 Å². The van der Waals surface area contributed by atoms with E-state index in [9.17, 15) is 19.2 Å². The zero-order valence-corrected chi connectivity index (χ0v) is 31.1. The van der Waals surface area contributed by atoms with Crippen LogP contribution in [0, 0.1) is 13.8 Å². The summed E-state index contributed by atoms with van der Waals surface area (Å²) in [5, 5.41) is 11.7. The highest BCUT2D eigenvalue weighted by molar-refractivity contribution is 6.03. The van der Waals surface area contributed by atoms with Crippen molar-refractivity contribution in [2.24, 2.45) is 17.8 Å². The Labute approximate surface area is 309 Å². The van der Waals surface area contributed by atoms with Crippen LogP contribution in [-0.2, 0) is 33.2 Å². The molecule has 17 nitrogen and oxygen atoms in total. The molecule has 54 heavy (non-hydrogen) atoms. The minimum atomic E-state index is -0.639. The van der Waals surface area contributed by atoms with Crippen LogP contribution in [0.2, 0.25) is 0 Å². The maximum Gasteiger partial charge on any atom is 0.298 e. The number of primary amides is 1. The molecule has 0 saturated heterocycles. The topological polar surface area (TPSA) is 200 Å². The first-order valence-corrected chi connectivity index (χ1v) is 17.2. The predicted molar refractivity (Wildman–Crippen MR) is 200 cm³/mol. The van der Waals surface area contributed by atoms with Gasteiger partial charge in [-0.05, 0) is 64.1 Å². The Bertz CT molecular complexity index is 2560. The molecular formula is C37H41N11O6. The molecule has 17 heteroatoms. The average molecular weight is 736 g/mol. The van der Waals surface area contributed by atoms with Crippen molar-refractivity contribution in [1.82, 2.24) is 38.2 Å². The lowest BCUT2D eigenvalue weighted by molar-refractivity contribution is 0.0981. The lowest BCUT2D eigenvalue weighted by atomic mass is 10.1. The van der Waals surface area contributed by atoms with Crippen LogP contribution in [0.5, 0.6) is 11.5 Å². The standard InChI is InChI=1S/C37H41N11O6/c1-8-47-27(14-21(3)42-47)34(51)40-36-39-25-16-23(20-49)17-29(53-6)31(25)45(36)12-10-11-13-46-32-26(18-24(33(38)50)19-30(32)54-7)44(5)37(46)41-35(52)28-15-22(4)43-48(28)9-2/h10-11,14-20H,8-9,12-13H2,1-7H3,(H2,38,50)(H,39,40,51)/b11-10+,41-37?. The SMILES string of the molecule is CCn1nc(C)cc1C(=O)N=c1n(C)c2cc(C(N)=O)cc(OC)c2n1C/C=C/Cn1c(NC(=O)c2cc(C)nn2CC)nc2cc(C=O)cc(OC)c21. The van der Waals surface area contributed by atoms with Crippen molar-refractivity contribution in [3.63, 3.8) is 0 Å². The molecule has 0 radical (unpaired) electrons. The first-order chi connectivity index (χ1) is 25.9. The molecule has 6 aromatic rings. The Hall–Kier alpha value is -6.78. The van der Waals surface area contributed by atoms with E-state index in [1.165, 1.54) is 14.2 Å². The number of rotatable bonds is 13. The van der Waals surface area contributed by atoms with Crippen molar-refractivity contribution in [3.8, 4) is 11.5 Å². The van der Waals surface area contributed by atoms with Gasteiger partial charge in [-0.1, -0.05) is 12.2 Å². The van der Waals surface area contributed by atoms with Gasteiger partial charge in [0, 0.05) is 44.4 Å². The van der Waals surface area contributed by atoms with Crippen LogP contribution in [0.25, 0.3) is 22.1 Å². The van der Waals surface area contributed by atoms with Crippen molar-refractivity contribution in [1.29, 1.82) is 0 Å². The molecule has 0 spiro atoms. The van der Waals surface area contributed by atoms with Gasteiger partial charge in [-0.3, -0.25) is 33.9 Å². The number of carbonyl (C=O) groups excluding carboxylic acids is 4. The summed E-state index contributed by atoms with van der Waals surface area (Å²) in [6, 6.07) is 9.78. The van der Waals surface area contributed by atoms with E-state index in [1.807, 2.05) is 32.9 Å². The Morgan fingerprint density at radius 2 is 1.46 bits per heavy atom. The number of aryl methyl sites for hydroxylation is 5. The van der Waals surface area contributed by atoms with E-state index in [1.54, 1.807) is 73.4 Å². The maximum absolute atomic E-state index is 13.6. The Morgan fingerprint density at radius 1 is 0.852 bits per heavy atom. The largest absolute Gasteiger partial charge is 0.494 e. The highest BCUT2D eigenvalue weighted by atomic mass is 16.5. The number of nitrogens with two attached hydrogens (primary N) is 1. The van der Waals surface area contributed by atoms with Gasteiger partial charge in [0.2, 0.25) is 17.5 Å². The number of carbonyl (C=O) groups is 4. The molecule has 0 saturated carbocycles. The molecule has 3 amide bonds. The smallest absolute Gasteiger partial charge is 0.298 e. The van der Waals surface area contributed by atoms with E-state index < -0.39 is 17.7 Å². The number of imidazole rings is 2. The third-order valence-electron chi connectivity index (χ3n) is 8.94. The van der Waals surface area contributed by atoms with Crippen molar-refractivity contribution >= 4 is 52.0 Å². The molecule has 0 aliphatic heterocycles. The molecule has 0 atom stereocenters. The summed E-state index contributed by atoms with van der Waals surface area (Å²) in [7, 11) is 4.71. The highest BCUT2D eigenvalue weighted by Crippen LogP contribution is 2.31. The van der Waals surface area contributed by atoms with Gasteiger partial charge in [-0.2, -0.15) is 15.2 Å². The van der Waals surface area contributed by atoms with Gasteiger partial charge in [0.1, 0.15) is 40.2 Å². The van der Waals surface area contributed by atoms with Crippen LogP contribution in [0.3, 0.4) is 0 Å². The monoisotopic (exact) mass is 735 g/mol. The molecule has 0 aliphatic rings. The summed E-state index contributed by atoms with van der Waals surface area (Å²) < 4.78 is 19.8. The van der Waals surface area contributed by atoms with Crippen LogP contribution < -0.4 is 26.1 Å². The average Bonchev–Trinajstić information content (AvgIpc) is 3.91. The normalized spacial score (nSPS) is 11.9. The minimum Gasteiger partial charge on any atom is -0.494 e. The van der Waals surface area contributed by atoms with Gasteiger partial charge in [-0.25, -0.2) is 4.98 Å². The van der Waals surface area contributed by atoms with Gasteiger partial charge < -0.3 is 28.9 Å². The molecule has 6 rings (SSSR count). The van der Waals surface area contributed by atoms with Crippen molar-refractivity contribution < 1.29 is 28.7 Å². The Balaban J connectivity index is 1.44. The molecule has 0 unspecified atom stereocenters. The van der Waals surface area contributed by atoms with E-state index in [4.69, 9.17) is 15.2 Å². The van der Waals surface area contributed by atoms with Crippen LogP contribution in [0.15, 0.2) is 53.5 Å². The number of aldehydes is 1. The number of ether oxygens (including phenoxy) is 2. The van der Waals surface area contributed by atoms with E-state index >= 15 is 0 Å². The first kappa shape index (κ1) is 37.0. The molecule has 3 N–H and O–H groups in total. The molecule has 4 aromatic heterocycles. The van der Waals surface area contributed by atoms with E-state index in [-0.39, 0.29) is 30.2 Å². The third-order valence-corrected chi connectivity index (χ3v) is 8.94. The van der Waals surface area contributed by atoms with Gasteiger partial charge in [0.25, 0.3) is 11.8 Å². The summed E-state index contributed by atoms with van der Waals surface area (Å²) in [6.07, 6.45) is 4.43. The van der Waals surface area contributed by atoms with E-state index in [2.05, 4.69) is 25.5 Å². The Morgan fingerprint density at radius 3 is 2.07 bits per heavy atom. The molecule has 4 heterocycles. The molecule has 0 fully saturated rings. The maximum atomic E-state index is 13.6. The number of fused-ring (bicyclic) bond motifs is 2. The second-order valence-corrected chi connectivity index (χ2v) is 12.5. The fourth-order valence-electron chi connectivity index (χ4n) is 6.46. The number of nitrogens with zero attached hydrogens (tertiary/aromatic N) is 9. The first-order valence-electron chi connectivity index (χ1n) is 17.2. The van der Waals surface area contributed by atoms with Crippen LogP contribution in [-0.4, -0.2) is 76.5 Å². The lowest BCUT2D eigenvalue weighted by Crippen LogP contribution is -2.26. The van der Waals surface area contributed by atoms with Gasteiger partial charge in [0.15, 0.2) is 0 Å². The number of hydrogen-bond donors (Lipinski definition) is 2. The summed E-state index contributed by atoms with van der Waals surface area (Å²) in [6.45, 7) is 8.79. The van der Waals surface area contributed by atoms with Gasteiger partial charge in [0.05, 0.1) is 36.6 Å². The third kappa shape index (κ3) is 6.78. The number of amides is 3. The summed E-state index contributed by atoms with van der Waals surface area (Å²) in [4.78, 5) is 60.4. The van der Waals surface area contributed by atoms with Crippen molar-refractivity contribution in [2.75, 3.05) is 19.5 Å². The molecule has 0 bridgehead atoms. The number of anilines is 1. The predicted octanol–water partition coefficient (Wildman–Crippen LogP) is 3.56. The van der Waals surface area contributed by atoms with E-state index in [0.717, 1.165) is 0 Å². The second-order valence-electron chi connectivity index (χ2n) is 12.5. The minimum absolute atomic E-state index is 0.206. The quantitative estimate of drug-likeness (QED) is 0.131. The van der Waals surface area contributed by atoms with Gasteiger partial charge in [-0.15, -0.1) is 0 Å². The number of nitrogens with one attached hydrogen (secondary N) is 1. The second kappa shape index (κ2) is 15.1. The van der Waals surface area contributed by atoms with E-state index in [0.29, 0.717) is 81.3 Å². The Kier molecular flexibility index (Phi) is 10.3. The van der Waals surface area contributed by atoms with Crippen molar-refractivity contribution in [3.05, 3.63) is 88.1 Å². The fraction of sp³-hybridized carbons (Fsp3) is 0.297.